The fraction of sp³-hybridized carbons (Fsp3) is 0.611. The lowest BCUT2D eigenvalue weighted by atomic mass is 10.2. The lowest BCUT2D eigenvalue weighted by molar-refractivity contribution is 0.0755. The van der Waals surface area contributed by atoms with E-state index in [9.17, 15) is 9.59 Å². The van der Waals surface area contributed by atoms with Gasteiger partial charge >= 0.3 is 0 Å². The van der Waals surface area contributed by atoms with Crippen LogP contribution in [0.3, 0.4) is 0 Å². The van der Waals surface area contributed by atoms with E-state index in [1.807, 2.05) is 18.7 Å². The van der Waals surface area contributed by atoms with Crippen LogP contribution in [0, 0.1) is 6.92 Å². The van der Waals surface area contributed by atoms with Crippen molar-refractivity contribution in [3.8, 4) is 0 Å². The molecule has 0 fully saturated rings. The molecule has 2 aromatic rings. The van der Waals surface area contributed by atoms with Crippen LogP contribution in [0.25, 0.3) is 10.2 Å². The largest absolute Gasteiger partial charge is 0.338 e. The van der Waals surface area contributed by atoms with Gasteiger partial charge in [-0.25, -0.2) is 4.98 Å². The first-order valence-corrected chi connectivity index (χ1v) is 9.64. The van der Waals surface area contributed by atoms with E-state index in [0.717, 1.165) is 44.3 Å². The summed E-state index contributed by atoms with van der Waals surface area (Å²) in [7, 11) is 0. The first-order valence-electron chi connectivity index (χ1n) is 8.82. The van der Waals surface area contributed by atoms with Crippen LogP contribution >= 0.6 is 11.3 Å². The van der Waals surface area contributed by atoms with Gasteiger partial charge in [-0.2, -0.15) is 0 Å². The molecule has 0 bridgehead atoms. The highest BCUT2D eigenvalue weighted by atomic mass is 32.1. The standard InChI is InChI=1S/C18H27N3O2S/c1-5-8-10-21(11-9-6-2)18(23)15-13(4)14-16(24-15)19-12-20(7-3)17(14)22/h12H,5-11H2,1-4H3. The van der Waals surface area contributed by atoms with Crippen molar-refractivity contribution in [1.82, 2.24) is 14.5 Å². The predicted octanol–water partition coefficient (Wildman–Crippen LogP) is 3.83. The molecule has 1 amide bonds. The van der Waals surface area contributed by atoms with E-state index in [-0.39, 0.29) is 11.5 Å². The quantitative estimate of drug-likeness (QED) is 0.728. The smallest absolute Gasteiger partial charge is 0.264 e. The monoisotopic (exact) mass is 349 g/mol. The summed E-state index contributed by atoms with van der Waals surface area (Å²) in [4.78, 5) is 33.2. The lowest BCUT2D eigenvalue weighted by Crippen LogP contribution is -2.32. The zero-order valence-electron chi connectivity index (χ0n) is 15.1. The number of hydrogen-bond donors (Lipinski definition) is 0. The zero-order chi connectivity index (χ0) is 17.7. The summed E-state index contributed by atoms with van der Waals surface area (Å²) in [5.41, 5.74) is 0.724. The van der Waals surface area contributed by atoms with Gasteiger partial charge in [0, 0.05) is 19.6 Å². The van der Waals surface area contributed by atoms with Crippen LogP contribution in [-0.4, -0.2) is 33.4 Å². The Morgan fingerprint density at radius 2 is 1.83 bits per heavy atom. The summed E-state index contributed by atoms with van der Waals surface area (Å²) < 4.78 is 1.59. The first kappa shape index (κ1) is 18.6. The Bertz CT molecular complexity index is 755. The molecule has 0 aliphatic heterocycles. The van der Waals surface area contributed by atoms with Crippen LogP contribution in [0.4, 0.5) is 0 Å². The van der Waals surface area contributed by atoms with Crippen LogP contribution in [0.2, 0.25) is 0 Å². The molecule has 0 atom stereocenters. The summed E-state index contributed by atoms with van der Waals surface area (Å²) >= 11 is 1.34. The van der Waals surface area contributed by atoms with Crippen LogP contribution < -0.4 is 5.56 Å². The summed E-state index contributed by atoms with van der Waals surface area (Å²) in [6, 6.07) is 0. The van der Waals surface area contributed by atoms with Crippen LogP contribution in [0.15, 0.2) is 11.1 Å². The second-order valence-electron chi connectivity index (χ2n) is 6.07. The molecule has 0 aliphatic carbocycles. The van der Waals surface area contributed by atoms with Gasteiger partial charge in [-0.3, -0.25) is 14.2 Å². The number of aryl methyl sites for hydroxylation is 2. The maximum Gasteiger partial charge on any atom is 0.264 e. The fourth-order valence-electron chi connectivity index (χ4n) is 2.74. The molecule has 24 heavy (non-hydrogen) atoms. The highest BCUT2D eigenvalue weighted by Gasteiger charge is 2.23. The molecule has 2 heterocycles. The van der Waals surface area contributed by atoms with E-state index in [1.54, 1.807) is 10.9 Å². The fourth-order valence-corrected chi connectivity index (χ4v) is 3.85. The molecule has 6 heteroatoms. The molecule has 0 N–H and O–H groups in total. The van der Waals surface area contributed by atoms with Gasteiger partial charge in [0.15, 0.2) is 0 Å². The number of carbonyl (C=O) groups is 1. The van der Waals surface area contributed by atoms with E-state index in [1.165, 1.54) is 11.3 Å². The van der Waals surface area contributed by atoms with Crippen molar-refractivity contribution in [3.05, 3.63) is 27.1 Å². The molecule has 5 nitrogen and oxygen atoms in total. The van der Waals surface area contributed by atoms with Crippen molar-refractivity contribution in [3.63, 3.8) is 0 Å². The van der Waals surface area contributed by atoms with Crippen molar-refractivity contribution in [2.75, 3.05) is 13.1 Å². The van der Waals surface area contributed by atoms with Gasteiger partial charge in [0.05, 0.1) is 16.6 Å². The van der Waals surface area contributed by atoms with E-state index < -0.39 is 0 Å². The second kappa shape index (κ2) is 8.42. The Kier molecular flexibility index (Phi) is 6.54. The molecular formula is C18H27N3O2S. The van der Waals surface area contributed by atoms with Gasteiger partial charge in [-0.05, 0) is 32.3 Å². The topological polar surface area (TPSA) is 55.2 Å². The Morgan fingerprint density at radius 3 is 2.38 bits per heavy atom. The number of rotatable bonds is 8. The Morgan fingerprint density at radius 1 is 1.21 bits per heavy atom. The van der Waals surface area contributed by atoms with Crippen molar-refractivity contribution < 1.29 is 4.79 Å². The van der Waals surface area contributed by atoms with Crippen molar-refractivity contribution in [2.24, 2.45) is 0 Å². The van der Waals surface area contributed by atoms with E-state index in [4.69, 9.17) is 0 Å². The van der Waals surface area contributed by atoms with Gasteiger partial charge in [0.1, 0.15) is 4.83 Å². The second-order valence-corrected chi connectivity index (χ2v) is 7.07. The number of carbonyl (C=O) groups excluding carboxylic acids is 1. The Hall–Kier alpha value is -1.69. The summed E-state index contributed by atoms with van der Waals surface area (Å²) in [6.07, 6.45) is 5.69. The zero-order valence-corrected chi connectivity index (χ0v) is 15.9. The third kappa shape index (κ3) is 3.69. The Labute approximate surface area is 147 Å². The molecule has 2 rings (SSSR count). The van der Waals surface area contributed by atoms with Crippen LogP contribution in [0.1, 0.15) is 61.7 Å². The van der Waals surface area contributed by atoms with Crippen LogP contribution in [-0.2, 0) is 6.54 Å². The molecular weight excluding hydrogens is 322 g/mol. The van der Waals surface area contributed by atoms with Crippen molar-refractivity contribution in [1.29, 1.82) is 0 Å². The number of aromatic nitrogens is 2. The number of unbranched alkanes of at least 4 members (excludes halogenated alkanes) is 2. The predicted molar refractivity (Wildman–Crippen MR) is 100 cm³/mol. The SMILES string of the molecule is CCCCN(CCCC)C(=O)c1sc2ncn(CC)c(=O)c2c1C. The number of nitrogens with zero attached hydrogens (tertiary/aromatic N) is 3. The Balaban J connectivity index is 2.42. The van der Waals surface area contributed by atoms with Gasteiger partial charge in [-0.1, -0.05) is 26.7 Å². The number of thiophene rings is 1. The minimum atomic E-state index is -0.0519. The third-order valence-corrected chi connectivity index (χ3v) is 5.49. The molecule has 0 radical (unpaired) electrons. The van der Waals surface area contributed by atoms with Crippen molar-refractivity contribution in [2.45, 2.75) is 59.9 Å². The van der Waals surface area contributed by atoms with Gasteiger partial charge < -0.3 is 4.90 Å². The number of amides is 1. The van der Waals surface area contributed by atoms with E-state index in [2.05, 4.69) is 18.8 Å². The summed E-state index contributed by atoms with van der Waals surface area (Å²) in [5.74, 6) is 0.0415. The summed E-state index contributed by atoms with van der Waals surface area (Å²) in [6.45, 7) is 10.2. The minimum absolute atomic E-state index is 0.0415. The van der Waals surface area contributed by atoms with Gasteiger partial charge in [0.2, 0.25) is 0 Å². The molecule has 2 aromatic heterocycles. The third-order valence-electron chi connectivity index (χ3n) is 4.30. The van der Waals surface area contributed by atoms with Crippen molar-refractivity contribution >= 4 is 27.5 Å². The van der Waals surface area contributed by atoms with Gasteiger partial charge in [-0.15, -0.1) is 11.3 Å². The molecule has 0 saturated heterocycles. The summed E-state index contributed by atoms with van der Waals surface area (Å²) in [5, 5.41) is 0.596. The molecule has 0 unspecified atom stereocenters. The lowest BCUT2D eigenvalue weighted by Gasteiger charge is -2.22. The molecule has 0 aliphatic rings. The molecule has 132 valence electrons. The highest BCUT2D eigenvalue weighted by Crippen LogP contribution is 2.28. The number of hydrogen-bond acceptors (Lipinski definition) is 4. The number of fused-ring (bicyclic) bond motifs is 1. The average molecular weight is 350 g/mol. The molecule has 0 spiro atoms. The minimum Gasteiger partial charge on any atom is -0.338 e. The highest BCUT2D eigenvalue weighted by molar-refractivity contribution is 7.20. The van der Waals surface area contributed by atoms with E-state index in [0.29, 0.717) is 21.6 Å². The molecule has 0 aromatic carbocycles. The van der Waals surface area contributed by atoms with E-state index >= 15 is 0 Å². The first-order chi connectivity index (χ1) is 11.5. The maximum absolute atomic E-state index is 13.0. The molecule has 0 saturated carbocycles. The normalized spacial score (nSPS) is 11.2. The maximum atomic E-state index is 13.0. The van der Waals surface area contributed by atoms with Gasteiger partial charge in [0.25, 0.3) is 11.5 Å². The average Bonchev–Trinajstić information content (AvgIpc) is 2.92. The van der Waals surface area contributed by atoms with Crippen LogP contribution in [0.5, 0.6) is 0 Å².